The minimum Gasteiger partial charge on any atom is -0.345 e. The van der Waals surface area contributed by atoms with Gasteiger partial charge < -0.3 is 15.2 Å². The number of aromatic nitrogens is 2. The summed E-state index contributed by atoms with van der Waals surface area (Å²) in [6, 6.07) is 10.6. The Morgan fingerprint density at radius 3 is 2.75 bits per heavy atom. The maximum Gasteiger partial charge on any atom is 0.103 e. The van der Waals surface area contributed by atoms with Gasteiger partial charge in [-0.1, -0.05) is 30.3 Å². The number of nitrogens with zero attached hydrogens (tertiary/aromatic N) is 2. The summed E-state index contributed by atoms with van der Waals surface area (Å²) in [4.78, 5) is 9.77. The van der Waals surface area contributed by atoms with E-state index in [2.05, 4.69) is 57.6 Å². The maximum atomic E-state index is 4.19. The lowest BCUT2D eigenvalue weighted by molar-refractivity contribution is 0.319. The van der Waals surface area contributed by atoms with Crippen molar-refractivity contribution in [3.05, 3.63) is 53.6 Å². The van der Waals surface area contributed by atoms with Crippen molar-refractivity contribution in [3.63, 3.8) is 0 Å². The van der Waals surface area contributed by atoms with E-state index < -0.39 is 0 Å². The van der Waals surface area contributed by atoms with Crippen molar-refractivity contribution in [2.45, 2.75) is 26.4 Å². The number of hydrogen-bond donors (Lipinski definition) is 2. The van der Waals surface area contributed by atoms with Gasteiger partial charge >= 0.3 is 0 Å². The van der Waals surface area contributed by atoms with Crippen LogP contribution in [0, 0.1) is 6.92 Å². The van der Waals surface area contributed by atoms with E-state index in [0.717, 1.165) is 44.1 Å². The van der Waals surface area contributed by atoms with Crippen molar-refractivity contribution >= 4 is 0 Å². The molecule has 0 saturated carbocycles. The fourth-order valence-corrected chi connectivity index (χ4v) is 2.23. The Morgan fingerprint density at radius 1 is 1.25 bits per heavy atom. The molecule has 0 aliphatic rings. The fourth-order valence-electron chi connectivity index (χ4n) is 2.23. The molecule has 0 unspecified atom stereocenters. The summed E-state index contributed by atoms with van der Waals surface area (Å²) in [5.41, 5.74) is 2.52. The van der Waals surface area contributed by atoms with Gasteiger partial charge in [0.25, 0.3) is 0 Å². The molecule has 0 amide bonds. The Labute approximate surface area is 121 Å². The van der Waals surface area contributed by atoms with Gasteiger partial charge in [-0.25, -0.2) is 4.98 Å². The van der Waals surface area contributed by atoms with Gasteiger partial charge in [-0.3, -0.25) is 0 Å². The highest BCUT2D eigenvalue weighted by Gasteiger charge is 2.00. The van der Waals surface area contributed by atoms with Gasteiger partial charge in [0.15, 0.2) is 0 Å². The second kappa shape index (κ2) is 7.82. The Balaban J connectivity index is 1.56. The summed E-state index contributed by atoms with van der Waals surface area (Å²) in [5, 5.41) is 3.44. The van der Waals surface area contributed by atoms with Crippen LogP contribution in [0.2, 0.25) is 0 Å². The molecule has 0 atom stereocenters. The third-order valence-corrected chi connectivity index (χ3v) is 3.26. The summed E-state index contributed by atoms with van der Waals surface area (Å²) < 4.78 is 0. The van der Waals surface area contributed by atoms with Crippen LogP contribution in [0.1, 0.15) is 23.5 Å². The van der Waals surface area contributed by atoms with Crippen LogP contribution >= 0.6 is 0 Å². The minimum atomic E-state index is 0.864. The van der Waals surface area contributed by atoms with E-state index in [1.807, 2.05) is 13.1 Å². The number of H-pyrrole nitrogens is 1. The van der Waals surface area contributed by atoms with Crippen LogP contribution in [0.3, 0.4) is 0 Å². The van der Waals surface area contributed by atoms with Crippen LogP contribution in [-0.2, 0) is 13.1 Å². The number of imidazole rings is 1. The highest BCUT2D eigenvalue weighted by atomic mass is 15.1. The zero-order chi connectivity index (χ0) is 14.2. The molecule has 0 aliphatic carbocycles. The van der Waals surface area contributed by atoms with E-state index in [0.29, 0.717) is 0 Å². The topological polar surface area (TPSA) is 44.0 Å². The number of benzene rings is 1. The summed E-state index contributed by atoms with van der Waals surface area (Å²) in [5.74, 6) is 0.976. The number of rotatable bonds is 8. The highest BCUT2D eigenvalue weighted by molar-refractivity contribution is 5.14. The quantitative estimate of drug-likeness (QED) is 0.725. The monoisotopic (exact) mass is 272 g/mol. The predicted molar refractivity (Wildman–Crippen MR) is 82.4 cm³/mol. The average Bonchev–Trinajstić information content (AvgIpc) is 2.85. The third-order valence-electron chi connectivity index (χ3n) is 3.26. The van der Waals surface area contributed by atoms with Crippen LogP contribution in [0.5, 0.6) is 0 Å². The largest absolute Gasteiger partial charge is 0.345 e. The lowest BCUT2D eigenvalue weighted by atomic mass is 10.2. The highest BCUT2D eigenvalue weighted by Crippen LogP contribution is 2.02. The molecule has 0 aliphatic heterocycles. The maximum absolute atomic E-state index is 4.19. The first-order valence-corrected chi connectivity index (χ1v) is 7.18. The molecule has 4 heteroatoms. The van der Waals surface area contributed by atoms with E-state index in [9.17, 15) is 0 Å². The second-order valence-electron chi connectivity index (χ2n) is 5.25. The van der Waals surface area contributed by atoms with Crippen LogP contribution in [0.4, 0.5) is 0 Å². The average molecular weight is 272 g/mol. The Hall–Kier alpha value is -1.65. The molecule has 2 N–H and O–H groups in total. The number of aromatic amines is 1. The third kappa shape index (κ3) is 5.15. The van der Waals surface area contributed by atoms with Gasteiger partial charge in [0.2, 0.25) is 0 Å². The number of aryl methyl sites for hydroxylation is 1. The standard InChI is InChI=1S/C16H24N4/c1-14-18-12-16(19-14)11-17-9-6-10-20(2)13-15-7-4-3-5-8-15/h3-5,7-8,12,17H,6,9-11,13H2,1-2H3,(H,18,19). The first-order valence-electron chi connectivity index (χ1n) is 7.18. The Bertz CT molecular complexity index is 492. The number of hydrogen-bond acceptors (Lipinski definition) is 3. The van der Waals surface area contributed by atoms with Crippen molar-refractivity contribution in [2.75, 3.05) is 20.1 Å². The Kier molecular flexibility index (Phi) is 5.77. The van der Waals surface area contributed by atoms with Gasteiger partial charge in [-0.2, -0.15) is 0 Å². The summed E-state index contributed by atoms with van der Waals surface area (Å²) in [6.07, 6.45) is 3.04. The molecular weight excluding hydrogens is 248 g/mol. The predicted octanol–water partition coefficient (Wildman–Crippen LogP) is 2.33. The molecule has 1 heterocycles. The molecule has 2 aromatic rings. The first-order chi connectivity index (χ1) is 9.74. The fraction of sp³-hybridized carbons (Fsp3) is 0.438. The van der Waals surface area contributed by atoms with Crippen molar-refractivity contribution < 1.29 is 0 Å². The molecule has 4 nitrogen and oxygen atoms in total. The van der Waals surface area contributed by atoms with Gasteiger partial charge in [-0.05, 0) is 39.0 Å². The smallest absolute Gasteiger partial charge is 0.103 e. The van der Waals surface area contributed by atoms with Gasteiger partial charge in [0.1, 0.15) is 5.82 Å². The Morgan fingerprint density at radius 2 is 2.05 bits per heavy atom. The zero-order valence-electron chi connectivity index (χ0n) is 12.4. The van der Waals surface area contributed by atoms with E-state index >= 15 is 0 Å². The minimum absolute atomic E-state index is 0.864. The number of nitrogens with one attached hydrogen (secondary N) is 2. The van der Waals surface area contributed by atoms with Crippen molar-refractivity contribution in [1.29, 1.82) is 0 Å². The van der Waals surface area contributed by atoms with E-state index in [-0.39, 0.29) is 0 Å². The molecule has 0 fully saturated rings. The van der Waals surface area contributed by atoms with Gasteiger partial charge in [0.05, 0.1) is 0 Å². The van der Waals surface area contributed by atoms with Crippen LogP contribution < -0.4 is 5.32 Å². The lowest BCUT2D eigenvalue weighted by Crippen LogP contribution is -2.23. The first kappa shape index (κ1) is 14.8. The van der Waals surface area contributed by atoms with Crippen molar-refractivity contribution in [1.82, 2.24) is 20.2 Å². The summed E-state index contributed by atoms with van der Waals surface area (Å²) in [7, 11) is 2.17. The molecular formula is C16H24N4. The summed E-state index contributed by atoms with van der Waals surface area (Å²) >= 11 is 0. The van der Waals surface area contributed by atoms with Crippen molar-refractivity contribution in [3.8, 4) is 0 Å². The zero-order valence-corrected chi connectivity index (χ0v) is 12.4. The van der Waals surface area contributed by atoms with Gasteiger partial charge in [0, 0.05) is 25.0 Å². The molecule has 0 spiro atoms. The SMILES string of the molecule is Cc1ncc(CNCCCN(C)Cc2ccccc2)[nH]1. The second-order valence-corrected chi connectivity index (χ2v) is 5.25. The normalized spacial score (nSPS) is 11.2. The van der Waals surface area contributed by atoms with Gasteiger partial charge in [-0.15, -0.1) is 0 Å². The molecule has 0 bridgehead atoms. The molecule has 1 aromatic heterocycles. The molecule has 20 heavy (non-hydrogen) atoms. The molecule has 108 valence electrons. The molecule has 1 aromatic carbocycles. The van der Waals surface area contributed by atoms with E-state index in [1.54, 1.807) is 0 Å². The van der Waals surface area contributed by atoms with E-state index in [1.165, 1.54) is 5.56 Å². The lowest BCUT2D eigenvalue weighted by Gasteiger charge is -2.16. The van der Waals surface area contributed by atoms with Crippen molar-refractivity contribution in [2.24, 2.45) is 0 Å². The summed E-state index contributed by atoms with van der Waals surface area (Å²) in [6.45, 7) is 5.98. The molecule has 2 rings (SSSR count). The van der Waals surface area contributed by atoms with Crippen LogP contribution in [0.15, 0.2) is 36.5 Å². The molecule has 0 saturated heterocycles. The van der Waals surface area contributed by atoms with E-state index in [4.69, 9.17) is 0 Å². The van der Waals surface area contributed by atoms with Crippen LogP contribution in [0.25, 0.3) is 0 Å². The molecule has 0 radical (unpaired) electrons. The van der Waals surface area contributed by atoms with Crippen LogP contribution in [-0.4, -0.2) is 35.0 Å².